The van der Waals surface area contributed by atoms with Crippen LogP contribution in [0, 0.1) is 5.92 Å². The number of rotatable bonds is 6. The standard InChI is InChI=1S/C11H22BrNO/c1-3-13(8-10(2)7-12)9-11-5-4-6-14-11/h10-11H,3-9H2,1-2H3. The largest absolute Gasteiger partial charge is 0.377 e. The Morgan fingerprint density at radius 1 is 1.57 bits per heavy atom. The molecule has 0 aliphatic carbocycles. The third-order valence-electron chi connectivity index (χ3n) is 2.77. The van der Waals surface area contributed by atoms with Gasteiger partial charge in [-0.3, -0.25) is 0 Å². The van der Waals surface area contributed by atoms with E-state index in [2.05, 4.69) is 34.7 Å². The van der Waals surface area contributed by atoms with Gasteiger partial charge in [0.2, 0.25) is 0 Å². The maximum absolute atomic E-state index is 5.65. The molecule has 2 nitrogen and oxygen atoms in total. The zero-order valence-electron chi connectivity index (χ0n) is 9.34. The molecule has 1 aliphatic heterocycles. The van der Waals surface area contributed by atoms with Crippen molar-refractivity contribution in [3.63, 3.8) is 0 Å². The minimum absolute atomic E-state index is 0.498. The first kappa shape index (κ1) is 12.5. The van der Waals surface area contributed by atoms with Gasteiger partial charge in [0.25, 0.3) is 0 Å². The van der Waals surface area contributed by atoms with Crippen LogP contribution in [0.3, 0.4) is 0 Å². The zero-order chi connectivity index (χ0) is 10.4. The Kier molecular flexibility index (Phi) is 6.06. The quantitative estimate of drug-likeness (QED) is 0.683. The highest BCUT2D eigenvalue weighted by molar-refractivity contribution is 9.09. The minimum Gasteiger partial charge on any atom is -0.377 e. The van der Waals surface area contributed by atoms with Gasteiger partial charge in [0.1, 0.15) is 0 Å². The van der Waals surface area contributed by atoms with Crippen molar-refractivity contribution in [2.45, 2.75) is 32.8 Å². The normalized spacial score (nSPS) is 24.4. The Hall–Kier alpha value is 0.400. The van der Waals surface area contributed by atoms with Gasteiger partial charge in [-0.2, -0.15) is 0 Å². The Labute approximate surface area is 96.1 Å². The highest BCUT2D eigenvalue weighted by atomic mass is 79.9. The summed E-state index contributed by atoms with van der Waals surface area (Å²) in [6.07, 6.45) is 2.99. The summed E-state index contributed by atoms with van der Waals surface area (Å²) in [7, 11) is 0. The fourth-order valence-corrected chi connectivity index (χ4v) is 2.10. The van der Waals surface area contributed by atoms with Crippen LogP contribution in [0.15, 0.2) is 0 Å². The summed E-state index contributed by atoms with van der Waals surface area (Å²) >= 11 is 3.53. The van der Waals surface area contributed by atoms with E-state index in [-0.39, 0.29) is 0 Å². The van der Waals surface area contributed by atoms with Gasteiger partial charge in [0, 0.05) is 25.0 Å². The monoisotopic (exact) mass is 263 g/mol. The molecule has 0 N–H and O–H groups in total. The maximum atomic E-state index is 5.65. The molecule has 0 saturated carbocycles. The number of ether oxygens (including phenoxy) is 1. The van der Waals surface area contributed by atoms with Gasteiger partial charge in [-0.25, -0.2) is 0 Å². The van der Waals surface area contributed by atoms with E-state index in [1.165, 1.54) is 19.4 Å². The van der Waals surface area contributed by atoms with Crippen molar-refractivity contribution in [2.24, 2.45) is 5.92 Å². The SMILES string of the molecule is CCN(CC(C)CBr)CC1CCCO1. The Bertz CT molecular complexity index is 148. The Morgan fingerprint density at radius 3 is 2.86 bits per heavy atom. The highest BCUT2D eigenvalue weighted by Crippen LogP contribution is 2.14. The van der Waals surface area contributed by atoms with E-state index >= 15 is 0 Å². The van der Waals surface area contributed by atoms with Gasteiger partial charge in [-0.05, 0) is 25.3 Å². The molecular weight excluding hydrogens is 242 g/mol. The van der Waals surface area contributed by atoms with Crippen LogP contribution in [0.1, 0.15) is 26.7 Å². The van der Waals surface area contributed by atoms with E-state index in [0.717, 1.165) is 30.9 Å². The molecule has 0 aromatic carbocycles. The first-order chi connectivity index (χ1) is 6.76. The molecule has 1 rings (SSSR count). The number of hydrogen-bond acceptors (Lipinski definition) is 2. The number of alkyl halides is 1. The van der Waals surface area contributed by atoms with Crippen molar-refractivity contribution >= 4 is 15.9 Å². The molecule has 3 heteroatoms. The summed E-state index contributed by atoms with van der Waals surface area (Å²) in [5.74, 6) is 0.733. The summed E-state index contributed by atoms with van der Waals surface area (Å²) in [5, 5.41) is 1.09. The molecule has 2 atom stereocenters. The fourth-order valence-electron chi connectivity index (χ4n) is 1.90. The van der Waals surface area contributed by atoms with Crippen molar-refractivity contribution in [3.05, 3.63) is 0 Å². The van der Waals surface area contributed by atoms with E-state index in [1.54, 1.807) is 0 Å². The molecule has 0 radical (unpaired) electrons. The van der Waals surface area contributed by atoms with Gasteiger partial charge in [-0.15, -0.1) is 0 Å². The van der Waals surface area contributed by atoms with E-state index in [0.29, 0.717) is 6.10 Å². The van der Waals surface area contributed by atoms with Gasteiger partial charge < -0.3 is 9.64 Å². The maximum Gasteiger partial charge on any atom is 0.0702 e. The van der Waals surface area contributed by atoms with Crippen LogP contribution in [0.2, 0.25) is 0 Å². The lowest BCUT2D eigenvalue weighted by Crippen LogP contribution is -2.35. The second-order valence-electron chi connectivity index (χ2n) is 4.25. The fraction of sp³-hybridized carbons (Fsp3) is 1.00. The second-order valence-corrected chi connectivity index (χ2v) is 4.89. The Morgan fingerprint density at radius 2 is 2.36 bits per heavy atom. The summed E-state index contributed by atoms with van der Waals surface area (Å²) in [4.78, 5) is 2.50. The lowest BCUT2D eigenvalue weighted by atomic mass is 10.2. The zero-order valence-corrected chi connectivity index (χ0v) is 10.9. The van der Waals surface area contributed by atoms with E-state index in [9.17, 15) is 0 Å². The minimum atomic E-state index is 0.498. The van der Waals surface area contributed by atoms with Gasteiger partial charge in [0.05, 0.1) is 6.10 Å². The van der Waals surface area contributed by atoms with Crippen LogP contribution in [0.4, 0.5) is 0 Å². The van der Waals surface area contributed by atoms with Gasteiger partial charge in [0.15, 0.2) is 0 Å². The van der Waals surface area contributed by atoms with Crippen molar-refractivity contribution < 1.29 is 4.74 Å². The topological polar surface area (TPSA) is 12.5 Å². The number of likely N-dealkylation sites (N-methyl/N-ethyl adjacent to an activating group) is 1. The van der Waals surface area contributed by atoms with Crippen molar-refractivity contribution in [1.29, 1.82) is 0 Å². The number of hydrogen-bond donors (Lipinski definition) is 0. The molecule has 14 heavy (non-hydrogen) atoms. The molecule has 84 valence electrons. The molecule has 0 bridgehead atoms. The third-order valence-corrected chi connectivity index (χ3v) is 3.87. The Balaban J connectivity index is 2.22. The first-order valence-electron chi connectivity index (χ1n) is 5.66. The van der Waals surface area contributed by atoms with Crippen LogP contribution in [0.5, 0.6) is 0 Å². The summed E-state index contributed by atoms with van der Waals surface area (Å²) < 4.78 is 5.65. The van der Waals surface area contributed by atoms with Crippen LogP contribution in [-0.4, -0.2) is 42.6 Å². The van der Waals surface area contributed by atoms with Gasteiger partial charge in [-0.1, -0.05) is 29.8 Å². The summed E-state index contributed by atoms with van der Waals surface area (Å²) in [6, 6.07) is 0. The second kappa shape index (κ2) is 6.81. The molecule has 0 aromatic rings. The molecule has 1 fully saturated rings. The van der Waals surface area contributed by atoms with Crippen molar-refractivity contribution in [2.75, 3.05) is 31.6 Å². The molecule has 1 saturated heterocycles. The van der Waals surface area contributed by atoms with Crippen molar-refractivity contribution in [1.82, 2.24) is 4.90 Å². The number of halogens is 1. The molecule has 1 heterocycles. The van der Waals surface area contributed by atoms with Gasteiger partial charge >= 0.3 is 0 Å². The van der Waals surface area contributed by atoms with E-state index < -0.39 is 0 Å². The van der Waals surface area contributed by atoms with E-state index in [4.69, 9.17) is 4.74 Å². The van der Waals surface area contributed by atoms with Crippen LogP contribution in [-0.2, 0) is 4.74 Å². The van der Waals surface area contributed by atoms with Crippen LogP contribution >= 0.6 is 15.9 Å². The smallest absolute Gasteiger partial charge is 0.0702 e. The molecule has 0 aromatic heterocycles. The van der Waals surface area contributed by atoms with Crippen LogP contribution < -0.4 is 0 Å². The average Bonchev–Trinajstić information content (AvgIpc) is 2.69. The number of nitrogens with zero attached hydrogens (tertiary/aromatic N) is 1. The molecular formula is C11H22BrNO. The molecule has 0 spiro atoms. The summed E-state index contributed by atoms with van der Waals surface area (Å²) in [6.45, 7) is 8.92. The third kappa shape index (κ3) is 4.28. The predicted molar refractivity (Wildman–Crippen MR) is 64.0 cm³/mol. The lowest BCUT2D eigenvalue weighted by molar-refractivity contribution is 0.0714. The van der Waals surface area contributed by atoms with Crippen LogP contribution in [0.25, 0.3) is 0 Å². The average molecular weight is 264 g/mol. The molecule has 1 aliphatic rings. The lowest BCUT2D eigenvalue weighted by Gasteiger charge is -2.25. The highest BCUT2D eigenvalue weighted by Gasteiger charge is 2.19. The molecule has 2 unspecified atom stereocenters. The molecule has 0 amide bonds. The predicted octanol–water partition coefficient (Wildman–Crippen LogP) is 2.52. The first-order valence-corrected chi connectivity index (χ1v) is 6.78. The van der Waals surface area contributed by atoms with Crippen molar-refractivity contribution in [3.8, 4) is 0 Å². The van der Waals surface area contributed by atoms with E-state index in [1.807, 2.05) is 0 Å². The summed E-state index contributed by atoms with van der Waals surface area (Å²) in [5.41, 5.74) is 0.